The molecule has 0 bridgehead atoms. The molecule has 0 aliphatic carbocycles. The Morgan fingerprint density at radius 3 is 1.22 bits per heavy atom. The second-order valence-corrected chi connectivity index (χ2v) is 10.2. The Balaban J connectivity index is 3.43. The number of alkyl carbamates (subject to hydrolysis) is 2. The topological polar surface area (TPSA) is 89.6 Å². The normalized spacial score (nSPS) is 11.5. The third-order valence-electron chi connectivity index (χ3n) is 5.77. The van der Waals surface area contributed by atoms with Crippen LogP contribution in [0.4, 0.5) is 9.59 Å². The molecule has 0 aromatic rings. The van der Waals surface area contributed by atoms with Crippen LogP contribution in [0.3, 0.4) is 0 Å². The molecular formula is C26H56N6O4. The first kappa shape index (κ1) is 34.4. The smallest absolute Gasteiger partial charge is 0.407 e. The van der Waals surface area contributed by atoms with Crippen LogP contribution in [0.2, 0.25) is 0 Å². The SMILES string of the molecule is CN(C)CCCN(C)CCCOC(=O)NCCCCCCNC(=O)OCCCN(C)CCCN(C)C. The van der Waals surface area contributed by atoms with Crippen molar-refractivity contribution in [3.63, 3.8) is 0 Å². The van der Waals surface area contributed by atoms with E-state index in [1.54, 1.807) is 0 Å². The third kappa shape index (κ3) is 25.5. The fourth-order valence-corrected chi connectivity index (χ4v) is 3.62. The summed E-state index contributed by atoms with van der Waals surface area (Å²) in [6.45, 7) is 8.24. The lowest BCUT2D eigenvalue weighted by atomic mass is 10.2. The number of unbranched alkanes of at least 4 members (excludes halogenated alkanes) is 3. The minimum absolute atomic E-state index is 0.338. The van der Waals surface area contributed by atoms with E-state index in [-0.39, 0.29) is 12.2 Å². The van der Waals surface area contributed by atoms with E-state index in [0.717, 1.165) is 90.6 Å². The van der Waals surface area contributed by atoms with Gasteiger partial charge in [-0.2, -0.15) is 0 Å². The minimum Gasteiger partial charge on any atom is -0.450 e. The molecule has 0 aromatic heterocycles. The van der Waals surface area contributed by atoms with Crippen molar-refractivity contribution >= 4 is 12.2 Å². The first-order valence-corrected chi connectivity index (χ1v) is 13.7. The molecule has 0 atom stereocenters. The van der Waals surface area contributed by atoms with Gasteiger partial charge in [0.2, 0.25) is 0 Å². The Hall–Kier alpha value is -1.62. The zero-order chi connectivity index (χ0) is 27.0. The molecule has 0 aromatic carbocycles. The summed E-state index contributed by atoms with van der Waals surface area (Å²) >= 11 is 0. The summed E-state index contributed by atoms with van der Waals surface area (Å²) in [5.41, 5.74) is 0. The maximum atomic E-state index is 11.7. The molecule has 2 amide bonds. The van der Waals surface area contributed by atoms with Crippen LogP contribution in [-0.4, -0.2) is 140 Å². The van der Waals surface area contributed by atoms with Gasteiger partial charge in [-0.15, -0.1) is 0 Å². The van der Waals surface area contributed by atoms with Crippen LogP contribution in [0.5, 0.6) is 0 Å². The number of hydrogen-bond acceptors (Lipinski definition) is 8. The second-order valence-electron chi connectivity index (χ2n) is 10.2. The van der Waals surface area contributed by atoms with Crippen LogP contribution in [0.1, 0.15) is 51.4 Å². The van der Waals surface area contributed by atoms with Crippen LogP contribution < -0.4 is 10.6 Å². The van der Waals surface area contributed by atoms with Gasteiger partial charge in [0, 0.05) is 26.2 Å². The number of carbonyl (C=O) groups excluding carboxylic acids is 2. The molecule has 0 rings (SSSR count). The summed E-state index contributed by atoms with van der Waals surface area (Å²) in [5, 5.41) is 5.61. The number of nitrogens with one attached hydrogen (secondary N) is 2. The zero-order valence-electron chi connectivity index (χ0n) is 24.1. The van der Waals surface area contributed by atoms with Crippen molar-refractivity contribution in [1.82, 2.24) is 30.2 Å². The molecule has 0 unspecified atom stereocenters. The summed E-state index contributed by atoms with van der Waals surface area (Å²) in [5.74, 6) is 0. The van der Waals surface area contributed by atoms with Gasteiger partial charge in [-0.25, -0.2) is 9.59 Å². The molecule has 0 saturated heterocycles. The highest BCUT2D eigenvalue weighted by Crippen LogP contribution is 1.99. The van der Waals surface area contributed by atoms with Crippen molar-refractivity contribution in [1.29, 1.82) is 0 Å². The van der Waals surface area contributed by atoms with Gasteiger partial charge in [0.05, 0.1) is 13.2 Å². The molecule has 36 heavy (non-hydrogen) atoms. The van der Waals surface area contributed by atoms with Crippen molar-refractivity contribution in [2.75, 3.05) is 108 Å². The number of hydrogen-bond donors (Lipinski definition) is 2. The molecule has 0 spiro atoms. The number of rotatable bonds is 23. The Bertz CT molecular complexity index is 491. The average molecular weight is 517 g/mol. The van der Waals surface area contributed by atoms with Crippen LogP contribution >= 0.6 is 0 Å². The van der Waals surface area contributed by atoms with E-state index < -0.39 is 0 Å². The van der Waals surface area contributed by atoms with Crippen LogP contribution in [0, 0.1) is 0 Å². The van der Waals surface area contributed by atoms with Gasteiger partial charge in [-0.05, 0) is 107 Å². The third-order valence-corrected chi connectivity index (χ3v) is 5.77. The first-order valence-electron chi connectivity index (χ1n) is 13.7. The lowest BCUT2D eigenvalue weighted by molar-refractivity contribution is 0.138. The molecule has 0 radical (unpaired) electrons. The largest absolute Gasteiger partial charge is 0.450 e. The molecule has 2 N–H and O–H groups in total. The summed E-state index contributed by atoms with van der Waals surface area (Å²) in [6.07, 6.45) is 7.08. The highest BCUT2D eigenvalue weighted by molar-refractivity contribution is 5.67. The lowest BCUT2D eigenvalue weighted by Crippen LogP contribution is -2.28. The van der Waals surface area contributed by atoms with Crippen molar-refractivity contribution in [3.8, 4) is 0 Å². The summed E-state index contributed by atoms with van der Waals surface area (Å²) in [6, 6.07) is 0. The molecular weight excluding hydrogens is 460 g/mol. The van der Waals surface area contributed by atoms with Crippen LogP contribution in [0.15, 0.2) is 0 Å². The first-order chi connectivity index (χ1) is 17.2. The van der Waals surface area contributed by atoms with Gasteiger partial charge >= 0.3 is 12.2 Å². The Labute approximate surface area is 221 Å². The summed E-state index contributed by atoms with van der Waals surface area (Å²) in [7, 11) is 12.5. The van der Waals surface area contributed by atoms with Crippen molar-refractivity contribution in [2.24, 2.45) is 0 Å². The van der Waals surface area contributed by atoms with Gasteiger partial charge in [0.15, 0.2) is 0 Å². The number of nitrogens with zero attached hydrogens (tertiary/aromatic N) is 4. The van der Waals surface area contributed by atoms with Crippen LogP contribution in [-0.2, 0) is 9.47 Å². The van der Waals surface area contributed by atoms with E-state index in [1.165, 1.54) is 0 Å². The average Bonchev–Trinajstić information content (AvgIpc) is 2.80. The maximum Gasteiger partial charge on any atom is 0.407 e. The molecule has 0 saturated carbocycles. The fourth-order valence-electron chi connectivity index (χ4n) is 3.62. The van der Waals surface area contributed by atoms with E-state index in [1.807, 2.05) is 0 Å². The maximum absolute atomic E-state index is 11.7. The molecule has 0 aliphatic rings. The molecule has 0 fully saturated rings. The van der Waals surface area contributed by atoms with Gasteiger partial charge in [0.1, 0.15) is 0 Å². The predicted octanol–water partition coefficient (Wildman–Crippen LogP) is 2.55. The Morgan fingerprint density at radius 1 is 0.500 bits per heavy atom. The second kappa shape index (κ2) is 23.8. The van der Waals surface area contributed by atoms with Crippen LogP contribution in [0.25, 0.3) is 0 Å². The van der Waals surface area contributed by atoms with E-state index in [9.17, 15) is 9.59 Å². The van der Waals surface area contributed by atoms with E-state index in [2.05, 4.69) is 72.5 Å². The molecule has 10 heteroatoms. The Kier molecular flexibility index (Phi) is 22.7. The standard InChI is InChI=1S/C26H56N6O4/c1-29(2)17-11-19-31(5)21-13-23-35-25(33)27-15-9-7-8-10-16-28-26(34)36-24-14-22-32(6)20-12-18-30(3)4/h7-24H2,1-6H3,(H,27,33)(H,28,34). The quantitative estimate of drug-likeness (QED) is 0.200. The van der Waals surface area contributed by atoms with Crippen molar-refractivity contribution in [3.05, 3.63) is 0 Å². The molecule has 214 valence electrons. The monoisotopic (exact) mass is 516 g/mol. The van der Waals surface area contributed by atoms with E-state index in [0.29, 0.717) is 26.3 Å². The fraction of sp³-hybridized carbons (Fsp3) is 0.923. The van der Waals surface area contributed by atoms with Gasteiger partial charge in [0.25, 0.3) is 0 Å². The number of carbonyl (C=O) groups is 2. The predicted molar refractivity (Wildman–Crippen MR) is 148 cm³/mol. The summed E-state index contributed by atoms with van der Waals surface area (Å²) in [4.78, 5) is 32.4. The number of amides is 2. The lowest BCUT2D eigenvalue weighted by Gasteiger charge is -2.18. The van der Waals surface area contributed by atoms with Crippen molar-refractivity contribution < 1.29 is 19.1 Å². The van der Waals surface area contributed by atoms with Gasteiger partial charge in [-0.1, -0.05) is 12.8 Å². The van der Waals surface area contributed by atoms with Gasteiger partial charge in [-0.3, -0.25) is 0 Å². The molecule has 0 heterocycles. The molecule has 0 aliphatic heterocycles. The van der Waals surface area contributed by atoms with Gasteiger partial charge < -0.3 is 39.7 Å². The number of ether oxygens (including phenoxy) is 2. The van der Waals surface area contributed by atoms with E-state index >= 15 is 0 Å². The minimum atomic E-state index is -0.338. The molecule has 10 nitrogen and oxygen atoms in total. The Morgan fingerprint density at radius 2 is 0.861 bits per heavy atom. The highest BCUT2D eigenvalue weighted by atomic mass is 16.6. The highest BCUT2D eigenvalue weighted by Gasteiger charge is 2.05. The summed E-state index contributed by atoms with van der Waals surface area (Å²) < 4.78 is 10.5. The van der Waals surface area contributed by atoms with Crippen molar-refractivity contribution in [2.45, 2.75) is 51.4 Å². The van der Waals surface area contributed by atoms with E-state index in [4.69, 9.17) is 9.47 Å². The zero-order valence-corrected chi connectivity index (χ0v) is 24.1.